The van der Waals surface area contributed by atoms with Crippen molar-refractivity contribution in [2.75, 3.05) is 13.2 Å². The van der Waals surface area contributed by atoms with Gasteiger partial charge in [0.1, 0.15) is 0 Å². The maximum Gasteiger partial charge on any atom is 0.306 e. The molecule has 3 aliphatic rings. The molecule has 0 N–H and O–H groups in total. The highest BCUT2D eigenvalue weighted by Crippen LogP contribution is 2.61. The summed E-state index contributed by atoms with van der Waals surface area (Å²) in [6, 6.07) is 0. The van der Waals surface area contributed by atoms with Gasteiger partial charge in [0.25, 0.3) is 0 Å². The van der Waals surface area contributed by atoms with Crippen LogP contribution in [0.15, 0.2) is 12.2 Å². The van der Waals surface area contributed by atoms with Gasteiger partial charge in [0.2, 0.25) is 0 Å². The highest BCUT2D eigenvalue weighted by Gasteiger charge is 2.55. The van der Waals surface area contributed by atoms with Crippen molar-refractivity contribution in [1.82, 2.24) is 0 Å². The highest BCUT2D eigenvalue weighted by atomic mass is 16.5. The van der Waals surface area contributed by atoms with Gasteiger partial charge in [-0.2, -0.15) is 0 Å². The largest absolute Gasteiger partial charge is 0.466 e. The van der Waals surface area contributed by atoms with E-state index in [1.807, 2.05) is 0 Å². The van der Waals surface area contributed by atoms with E-state index in [1.54, 1.807) is 0 Å². The van der Waals surface area contributed by atoms with Gasteiger partial charge >= 0.3 is 11.9 Å². The van der Waals surface area contributed by atoms with E-state index in [1.165, 1.54) is 25.3 Å². The van der Waals surface area contributed by atoms with Crippen LogP contribution in [0.3, 0.4) is 0 Å². The van der Waals surface area contributed by atoms with Crippen LogP contribution in [0.1, 0.15) is 66.2 Å². The Labute approximate surface area is 157 Å². The first-order chi connectivity index (χ1) is 12.1. The maximum absolute atomic E-state index is 11.9. The van der Waals surface area contributed by atoms with Gasteiger partial charge in [-0.25, -0.2) is 0 Å². The first-order valence-electron chi connectivity index (χ1n) is 10.1. The lowest BCUT2D eigenvalue weighted by molar-refractivity contribution is -0.163. The SMILES string of the molecule is C=C1CCCC(C)(C)[C@@H]2C[C@@](C)([C@H]3COC(=O)C[C@@H]3COC(C)=O)C[C@H]12. The Balaban J connectivity index is 1.83. The van der Waals surface area contributed by atoms with Crippen LogP contribution in [0, 0.1) is 34.5 Å². The van der Waals surface area contributed by atoms with E-state index in [9.17, 15) is 9.59 Å². The van der Waals surface area contributed by atoms with Crippen molar-refractivity contribution in [1.29, 1.82) is 0 Å². The van der Waals surface area contributed by atoms with Crippen LogP contribution in [0.5, 0.6) is 0 Å². The van der Waals surface area contributed by atoms with Gasteiger partial charge in [-0.15, -0.1) is 0 Å². The Morgan fingerprint density at radius 1 is 1.27 bits per heavy atom. The lowest BCUT2D eigenvalue weighted by Crippen LogP contribution is -2.43. The lowest BCUT2D eigenvalue weighted by Gasteiger charge is -2.42. The summed E-state index contributed by atoms with van der Waals surface area (Å²) in [5, 5.41) is 0. The molecule has 0 aromatic rings. The van der Waals surface area contributed by atoms with Crippen molar-refractivity contribution in [3.05, 3.63) is 12.2 Å². The molecule has 5 atom stereocenters. The van der Waals surface area contributed by atoms with Gasteiger partial charge in [-0.05, 0) is 54.8 Å². The Morgan fingerprint density at radius 3 is 2.69 bits per heavy atom. The van der Waals surface area contributed by atoms with Crippen LogP contribution in [0.25, 0.3) is 0 Å². The number of carbonyl (C=O) groups is 2. The monoisotopic (exact) mass is 362 g/mol. The zero-order chi connectivity index (χ0) is 19.1. The number of ether oxygens (including phenoxy) is 2. The molecule has 4 heteroatoms. The number of hydrogen-bond donors (Lipinski definition) is 0. The van der Waals surface area contributed by atoms with Gasteiger partial charge in [0, 0.05) is 18.8 Å². The second-order valence-corrected chi connectivity index (χ2v) is 9.83. The number of cyclic esters (lactones) is 1. The molecule has 0 aromatic carbocycles. The summed E-state index contributed by atoms with van der Waals surface area (Å²) in [6.45, 7) is 13.8. The minimum atomic E-state index is -0.279. The smallest absolute Gasteiger partial charge is 0.306 e. The van der Waals surface area contributed by atoms with Gasteiger partial charge in [-0.1, -0.05) is 32.9 Å². The molecule has 0 spiro atoms. The average molecular weight is 363 g/mol. The molecule has 2 aliphatic carbocycles. The molecule has 4 nitrogen and oxygen atoms in total. The molecule has 0 unspecified atom stereocenters. The van der Waals surface area contributed by atoms with Crippen LogP contribution in [0.4, 0.5) is 0 Å². The molecule has 3 fully saturated rings. The van der Waals surface area contributed by atoms with Gasteiger partial charge < -0.3 is 9.47 Å². The van der Waals surface area contributed by atoms with E-state index >= 15 is 0 Å². The summed E-state index contributed by atoms with van der Waals surface area (Å²) in [6.07, 6.45) is 6.23. The molecule has 26 heavy (non-hydrogen) atoms. The summed E-state index contributed by atoms with van der Waals surface area (Å²) >= 11 is 0. The topological polar surface area (TPSA) is 52.6 Å². The van der Waals surface area contributed by atoms with E-state index in [4.69, 9.17) is 9.47 Å². The molecule has 0 aromatic heterocycles. The zero-order valence-corrected chi connectivity index (χ0v) is 16.8. The molecular formula is C22H34O4. The predicted octanol–water partition coefficient (Wildman–Crippen LogP) is 4.53. The number of rotatable bonds is 3. The number of fused-ring (bicyclic) bond motifs is 1. The van der Waals surface area contributed by atoms with Crippen molar-refractivity contribution in [3.63, 3.8) is 0 Å². The van der Waals surface area contributed by atoms with E-state index in [2.05, 4.69) is 27.4 Å². The van der Waals surface area contributed by atoms with Crippen LogP contribution in [-0.4, -0.2) is 25.2 Å². The number of hydrogen-bond acceptors (Lipinski definition) is 4. The third kappa shape index (κ3) is 3.70. The number of allylic oxidation sites excluding steroid dienone is 1. The normalized spacial score (nSPS) is 39.7. The maximum atomic E-state index is 11.9. The quantitative estimate of drug-likeness (QED) is 0.547. The summed E-state index contributed by atoms with van der Waals surface area (Å²) in [5.41, 5.74) is 1.82. The fraction of sp³-hybridized carbons (Fsp3) is 0.818. The molecule has 0 bridgehead atoms. The minimum Gasteiger partial charge on any atom is -0.466 e. The van der Waals surface area contributed by atoms with Crippen molar-refractivity contribution in [2.24, 2.45) is 34.5 Å². The van der Waals surface area contributed by atoms with Gasteiger partial charge in [-0.3, -0.25) is 9.59 Å². The molecule has 1 heterocycles. The summed E-state index contributed by atoms with van der Waals surface area (Å²) in [7, 11) is 0. The van der Waals surface area contributed by atoms with Crippen molar-refractivity contribution < 1.29 is 19.1 Å². The highest BCUT2D eigenvalue weighted by molar-refractivity contribution is 5.70. The molecule has 2 saturated carbocycles. The first kappa shape index (κ1) is 19.4. The number of carbonyl (C=O) groups excluding carboxylic acids is 2. The molecule has 1 saturated heterocycles. The zero-order valence-electron chi connectivity index (χ0n) is 16.8. The summed E-state index contributed by atoms with van der Waals surface area (Å²) in [4.78, 5) is 23.2. The van der Waals surface area contributed by atoms with E-state index in [-0.39, 0.29) is 29.2 Å². The fourth-order valence-electron chi connectivity index (χ4n) is 5.97. The van der Waals surface area contributed by atoms with E-state index < -0.39 is 0 Å². The molecule has 3 rings (SSSR count). The summed E-state index contributed by atoms with van der Waals surface area (Å²) < 4.78 is 10.8. The van der Waals surface area contributed by atoms with Crippen LogP contribution < -0.4 is 0 Å². The lowest BCUT2D eigenvalue weighted by atomic mass is 9.66. The fourth-order valence-corrected chi connectivity index (χ4v) is 5.97. The van der Waals surface area contributed by atoms with E-state index in [0.29, 0.717) is 36.9 Å². The standard InChI is InChI=1S/C22H34O4/c1-14-7-6-8-21(3,4)18-11-22(5,10-17(14)18)19-13-26-20(24)9-16(19)12-25-15(2)23/h16-19H,1,6-13H2,2-5H3/t16-,17-,18-,19+,22+/m1/s1. The van der Waals surface area contributed by atoms with Crippen molar-refractivity contribution in [2.45, 2.75) is 66.2 Å². The minimum absolute atomic E-state index is 0.0591. The third-order valence-corrected chi connectivity index (χ3v) is 7.52. The Morgan fingerprint density at radius 2 is 2.00 bits per heavy atom. The predicted molar refractivity (Wildman–Crippen MR) is 100 cm³/mol. The second-order valence-electron chi connectivity index (χ2n) is 9.83. The Bertz CT molecular complexity index is 593. The van der Waals surface area contributed by atoms with Crippen LogP contribution >= 0.6 is 0 Å². The average Bonchev–Trinajstić information content (AvgIpc) is 2.88. The molecule has 1 aliphatic heterocycles. The van der Waals surface area contributed by atoms with Crippen molar-refractivity contribution >= 4 is 11.9 Å². The van der Waals surface area contributed by atoms with Crippen LogP contribution in [-0.2, 0) is 19.1 Å². The molecule has 0 radical (unpaired) electrons. The van der Waals surface area contributed by atoms with E-state index in [0.717, 1.165) is 19.3 Å². The van der Waals surface area contributed by atoms with Gasteiger partial charge in [0.15, 0.2) is 0 Å². The number of esters is 2. The second kappa shape index (κ2) is 7.01. The van der Waals surface area contributed by atoms with Crippen LogP contribution in [0.2, 0.25) is 0 Å². The molecular weight excluding hydrogens is 328 g/mol. The first-order valence-corrected chi connectivity index (χ1v) is 10.1. The van der Waals surface area contributed by atoms with Gasteiger partial charge in [0.05, 0.1) is 19.6 Å². The third-order valence-electron chi connectivity index (χ3n) is 7.52. The summed E-state index contributed by atoms with van der Waals surface area (Å²) in [5.74, 6) is 1.05. The molecule has 146 valence electrons. The Hall–Kier alpha value is -1.32. The Kier molecular flexibility index (Phi) is 5.24. The van der Waals surface area contributed by atoms with Crippen molar-refractivity contribution in [3.8, 4) is 0 Å². The molecule has 0 amide bonds.